The Hall–Kier alpha value is -1.35. The second kappa shape index (κ2) is 6.51. The van der Waals surface area contributed by atoms with Gasteiger partial charge in [0.1, 0.15) is 0 Å². The Kier molecular flexibility index (Phi) is 4.38. The first-order chi connectivity index (χ1) is 11.6. The van der Waals surface area contributed by atoms with E-state index >= 15 is 0 Å². The normalized spacial score (nSPS) is 35.5. The van der Waals surface area contributed by atoms with E-state index in [9.17, 15) is 4.79 Å². The van der Waals surface area contributed by atoms with Crippen LogP contribution >= 0.6 is 0 Å². The lowest BCUT2D eigenvalue weighted by Crippen LogP contribution is -2.51. The van der Waals surface area contributed by atoms with E-state index in [4.69, 9.17) is 0 Å². The molecule has 0 unspecified atom stereocenters. The van der Waals surface area contributed by atoms with Gasteiger partial charge in [0.05, 0.1) is 0 Å². The molecule has 3 aliphatic rings. The lowest BCUT2D eigenvalue weighted by Gasteiger charge is -2.41. The minimum atomic E-state index is 0.373. The van der Waals surface area contributed by atoms with Gasteiger partial charge in [-0.3, -0.25) is 9.69 Å². The Bertz CT molecular complexity index is 577. The first-order valence-corrected chi connectivity index (χ1v) is 9.68. The van der Waals surface area contributed by atoms with Crippen LogP contribution in [0.5, 0.6) is 0 Å². The van der Waals surface area contributed by atoms with Crippen molar-refractivity contribution in [2.45, 2.75) is 45.2 Å². The Balaban J connectivity index is 1.32. The summed E-state index contributed by atoms with van der Waals surface area (Å²) < 4.78 is 0. The van der Waals surface area contributed by atoms with Gasteiger partial charge in [-0.15, -0.1) is 0 Å². The number of benzene rings is 1. The maximum absolute atomic E-state index is 12.8. The molecule has 1 aromatic carbocycles. The van der Waals surface area contributed by atoms with Crippen LogP contribution < -0.4 is 0 Å². The standard InChI is InChI=1S/C21H30N2O/c1-15-13-23(14-16-7-4-3-5-8-16)12-11-19(15)22(2)21(24)20-17-9-6-10-18(17)20/h3-5,7-8,15,17-20H,6,9-14H2,1-2H3/t15-,17-,18-,19+/m1/s1. The highest BCUT2D eigenvalue weighted by Crippen LogP contribution is 2.58. The van der Waals surface area contributed by atoms with E-state index in [0.717, 1.165) is 37.9 Å². The van der Waals surface area contributed by atoms with Crippen molar-refractivity contribution in [2.75, 3.05) is 20.1 Å². The lowest BCUT2D eigenvalue weighted by molar-refractivity contribution is -0.136. The topological polar surface area (TPSA) is 23.6 Å². The smallest absolute Gasteiger partial charge is 0.226 e. The number of rotatable bonds is 4. The van der Waals surface area contributed by atoms with Crippen LogP contribution in [0.1, 0.15) is 38.2 Å². The largest absolute Gasteiger partial charge is 0.342 e. The number of nitrogens with zero attached hydrogens (tertiary/aromatic N) is 2. The second-order valence-electron chi connectivity index (χ2n) is 8.29. The number of carbonyl (C=O) groups is 1. The molecule has 3 heteroatoms. The molecule has 0 bridgehead atoms. The fourth-order valence-electron chi connectivity index (χ4n) is 5.37. The van der Waals surface area contributed by atoms with Gasteiger partial charge in [0, 0.05) is 38.6 Å². The number of amides is 1. The van der Waals surface area contributed by atoms with Crippen LogP contribution in [-0.4, -0.2) is 41.9 Å². The maximum atomic E-state index is 12.8. The molecule has 24 heavy (non-hydrogen) atoms. The van der Waals surface area contributed by atoms with Crippen molar-refractivity contribution in [1.29, 1.82) is 0 Å². The fourth-order valence-corrected chi connectivity index (χ4v) is 5.37. The van der Waals surface area contributed by atoms with Gasteiger partial charge in [-0.25, -0.2) is 0 Å². The third-order valence-corrected chi connectivity index (χ3v) is 6.73. The van der Waals surface area contributed by atoms with E-state index in [-0.39, 0.29) is 0 Å². The summed E-state index contributed by atoms with van der Waals surface area (Å²) in [7, 11) is 2.06. The van der Waals surface area contributed by atoms with E-state index in [2.05, 4.69) is 54.1 Å². The zero-order valence-corrected chi connectivity index (χ0v) is 15.0. The SMILES string of the molecule is C[C@@H]1CN(Cc2ccccc2)CC[C@@H]1N(C)C(=O)C1[C@@H]2CCC[C@@H]12. The summed E-state index contributed by atoms with van der Waals surface area (Å²) in [5.74, 6) is 2.83. The van der Waals surface area contributed by atoms with E-state index in [1.165, 1.54) is 24.8 Å². The van der Waals surface area contributed by atoms with Gasteiger partial charge in [-0.1, -0.05) is 43.7 Å². The highest BCUT2D eigenvalue weighted by atomic mass is 16.2. The van der Waals surface area contributed by atoms with Crippen molar-refractivity contribution in [3.8, 4) is 0 Å². The molecule has 2 aliphatic carbocycles. The fraction of sp³-hybridized carbons (Fsp3) is 0.667. The predicted molar refractivity (Wildman–Crippen MR) is 96.4 cm³/mol. The van der Waals surface area contributed by atoms with Gasteiger partial charge in [0.2, 0.25) is 5.91 Å². The van der Waals surface area contributed by atoms with Crippen molar-refractivity contribution < 1.29 is 4.79 Å². The number of hydrogen-bond donors (Lipinski definition) is 0. The molecule has 130 valence electrons. The number of piperidine rings is 1. The summed E-state index contributed by atoms with van der Waals surface area (Å²) in [6, 6.07) is 11.1. The van der Waals surface area contributed by atoms with Crippen LogP contribution in [0.3, 0.4) is 0 Å². The molecule has 2 saturated carbocycles. The van der Waals surface area contributed by atoms with E-state index in [1.807, 2.05) is 0 Å². The van der Waals surface area contributed by atoms with Crippen molar-refractivity contribution in [3.63, 3.8) is 0 Å². The molecule has 1 aliphatic heterocycles. The molecule has 0 N–H and O–H groups in total. The monoisotopic (exact) mass is 326 g/mol. The van der Waals surface area contributed by atoms with E-state index in [1.54, 1.807) is 0 Å². The highest BCUT2D eigenvalue weighted by molar-refractivity contribution is 5.82. The molecule has 0 spiro atoms. The zero-order chi connectivity index (χ0) is 16.7. The summed E-state index contributed by atoms with van der Waals surface area (Å²) in [6.07, 6.45) is 5.04. The Morgan fingerprint density at radius 3 is 2.54 bits per heavy atom. The third kappa shape index (κ3) is 2.99. The molecule has 4 rings (SSSR count). The van der Waals surface area contributed by atoms with Gasteiger partial charge in [-0.2, -0.15) is 0 Å². The van der Waals surface area contributed by atoms with Gasteiger partial charge < -0.3 is 4.90 Å². The predicted octanol–water partition coefficient (Wildman–Crippen LogP) is 3.40. The quantitative estimate of drug-likeness (QED) is 0.846. The molecular formula is C21H30N2O. The number of carbonyl (C=O) groups excluding carboxylic acids is 1. The molecule has 0 radical (unpaired) electrons. The molecule has 1 aromatic rings. The first kappa shape index (κ1) is 16.1. The van der Waals surface area contributed by atoms with Gasteiger partial charge in [0.15, 0.2) is 0 Å². The van der Waals surface area contributed by atoms with Crippen molar-refractivity contribution in [2.24, 2.45) is 23.7 Å². The summed E-state index contributed by atoms with van der Waals surface area (Å²) in [5.41, 5.74) is 1.39. The van der Waals surface area contributed by atoms with Crippen LogP contribution in [0, 0.1) is 23.7 Å². The Morgan fingerprint density at radius 2 is 1.88 bits per heavy atom. The van der Waals surface area contributed by atoms with Gasteiger partial charge >= 0.3 is 0 Å². The molecule has 1 heterocycles. The number of fused-ring (bicyclic) bond motifs is 1. The van der Waals surface area contributed by atoms with Crippen LogP contribution in [-0.2, 0) is 11.3 Å². The van der Waals surface area contributed by atoms with E-state index < -0.39 is 0 Å². The average molecular weight is 326 g/mol. The first-order valence-electron chi connectivity index (χ1n) is 9.68. The molecule has 0 aromatic heterocycles. The molecular weight excluding hydrogens is 296 g/mol. The zero-order valence-electron chi connectivity index (χ0n) is 15.0. The second-order valence-corrected chi connectivity index (χ2v) is 8.29. The van der Waals surface area contributed by atoms with Gasteiger partial charge in [0.25, 0.3) is 0 Å². The van der Waals surface area contributed by atoms with Crippen molar-refractivity contribution >= 4 is 5.91 Å². The molecule has 1 amide bonds. The number of likely N-dealkylation sites (tertiary alicyclic amines) is 1. The summed E-state index contributed by atoms with van der Waals surface area (Å²) in [6.45, 7) is 5.54. The summed E-state index contributed by atoms with van der Waals surface area (Å²) in [5, 5.41) is 0. The maximum Gasteiger partial charge on any atom is 0.226 e. The minimum absolute atomic E-state index is 0.373. The Labute approximate surface area is 146 Å². The summed E-state index contributed by atoms with van der Waals surface area (Å²) >= 11 is 0. The van der Waals surface area contributed by atoms with Crippen LogP contribution in [0.2, 0.25) is 0 Å². The van der Waals surface area contributed by atoms with E-state index in [0.29, 0.717) is 23.8 Å². The Morgan fingerprint density at radius 1 is 1.17 bits per heavy atom. The average Bonchev–Trinajstić information content (AvgIpc) is 3.06. The molecule has 3 fully saturated rings. The highest BCUT2D eigenvalue weighted by Gasteiger charge is 2.57. The number of hydrogen-bond acceptors (Lipinski definition) is 2. The molecule has 1 saturated heterocycles. The lowest BCUT2D eigenvalue weighted by atomic mass is 9.91. The van der Waals surface area contributed by atoms with Gasteiger partial charge in [-0.05, 0) is 42.6 Å². The minimum Gasteiger partial charge on any atom is -0.342 e. The van der Waals surface area contributed by atoms with Crippen LogP contribution in [0.25, 0.3) is 0 Å². The molecule has 4 atom stereocenters. The summed E-state index contributed by atoms with van der Waals surface area (Å²) in [4.78, 5) is 17.5. The van der Waals surface area contributed by atoms with Crippen LogP contribution in [0.4, 0.5) is 0 Å². The van der Waals surface area contributed by atoms with Crippen molar-refractivity contribution in [1.82, 2.24) is 9.80 Å². The van der Waals surface area contributed by atoms with Crippen LogP contribution in [0.15, 0.2) is 30.3 Å². The van der Waals surface area contributed by atoms with Crippen molar-refractivity contribution in [3.05, 3.63) is 35.9 Å². The third-order valence-electron chi connectivity index (χ3n) is 6.73. The molecule has 3 nitrogen and oxygen atoms in total.